The van der Waals surface area contributed by atoms with Crippen molar-refractivity contribution in [1.82, 2.24) is 0 Å². The lowest BCUT2D eigenvalue weighted by atomic mass is 9.86. The maximum Gasteiger partial charge on any atom is 0.125 e. The van der Waals surface area contributed by atoms with E-state index in [1.165, 1.54) is 0 Å². The third-order valence-electron chi connectivity index (χ3n) is 3.80. The number of hydrogen-bond donors (Lipinski definition) is 0. The molecule has 1 aromatic carbocycles. The van der Waals surface area contributed by atoms with Crippen LogP contribution in [0.25, 0.3) is 0 Å². The zero-order valence-electron chi connectivity index (χ0n) is 14.1. The number of rotatable bonds is 5. The van der Waals surface area contributed by atoms with Gasteiger partial charge in [0, 0.05) is 0 Å². The first-order valence-electron chi connectivity index (χ1n) is 7.58. The van der Waals surface area contributed by atoms with Crippen LogP contribution in [-0.4, -0.2) is 13.0 Å². The number of hydrogen-bond acceptors (Lipinski definition) is 3. The molecule has 0 fully saturated rings. The molecule has 0 heterocycles. The fourth-order valence-electron chi connectivity index (χ4n) is 2.92. The van der Waals surface area contributed by atoms with Crippen molar-refractivity contribution >= 4 is 10.1 Å². The molecule has 21 heavy (non-hydrogen) atoms. The molecular weight excluding hydrogens is 284 g/mol. The van der Waals surface area contributed by atoms with Crippen LogP contribution in [0.15, 0.2) is 11.0 Å². The van der Waals surface area contributed by atoms with E-state index in [-0.39, 0.29) is 16.7 Å². The van der Waals surface area contributed by atoms with Gasteiger partial charge in [-0.25, -0.2) is 8.42 Å². The molecule has 0 bridgehead atoms. The smallest absolute Gasteiger partial charge is 0.125 e. The van der Waals surface area contributed by atoms with Gasteiger partial charge in [0.05, 0.1) is 4.90 Å². The first-order chi connectivity index (χ1) is 9.46. The van der Waals surface area contributed by atoms with E-state index in [0.29, 0.717) is 17.0 Å². The highest BCUT2D eigenvalue weighted by Gasteiger charge is 2.23. The molecular formula is C17H27O3S-. The Morgan fingerprint density at radius 2 is 1.57 bits per heavy atom. The van der Waals surface area contributed by atoms with E-state index in [1.54, 1.807) is 0 Å². The Kier molecular flexibility index (Phi) is 5.62. The molecule has 4 heteroatoms. The highest BCUT2D eigenvalue weighted by molar-refractivity contribution is 7.85. The normalized spacial score (nSPS) is 12.7. The van der Waals surface area contributed by atoms with Crippen molar-refractivity contribution < 1.29 is 13.0 Å². The highest BCUT2D eigenvalue weighted by atomic mass is 32.2. The predicted molar refractivity (Wildman–Crippen MR) is 85.9 cm³/mol. The maximum atomic E-state index is 11.8. The van der Waals surface area contributed by atoms with Crippen LogP contribution >= 0.6 is 0 Å². The molecule has 120 valence electrons. The molecule has 0 unspecified atom stereocenters. The van der Waals surface area contributed by atoms with Crippen molar-refractivity contribution in [2.75, 3.05) is 0 Å². The molecule has 0 aromatic heterocycles. The Hall–Kier alpha value is -0.870. The molecule has 0 aliphatic carbocycles. The summed E-state index contributed by atoms with van der Waals surface area (Å²) in [5, 5.41) is 0. The molecule has 1 rings (SSSR count). The molecule has 0 aliphatic heterocycles. The molecule has 0 amide bonds. The van der Waals surface area contributed by atoms with Crippen molar-refractivity contribution in [1.29, 1.82) is 0 Å². The van der Waals surface area contributed by atoms with Crippen LogP contribution in [0.1, 0.15) is 75.6 Å². The van der Waals surface area contributed by atoms with Crippen LogP contribution in [0.2, 0.25) is 0 Å². The predicted octanol–water partition coefficient (Wildman–Crippen LogP) is 4.34. The standard InChI is InChI=1S/C17H28O3S/c1-10(2)8-14-9-15(11(3)4)17(21(18,19)20)16(12(5)6)13(14)7/h9-12H,8H2,1-7H3,(H,18,19,20)/p-1. The molecule has 1 aromatic rings. The van der Waals surface area contributed by atoms with E-state index in [4.69, 9.17) is 0 Å². The van der Waals surface area contributed by atoms with Gasteiger partial charge in [0.25, 0.3) is 0 Å². The minimum Gasteiger partial charge on any atom is -0.744 e. The van der Waals surface area contributed by atoms with Gasteiger partial charge >= 0.3 is 0 Å². The third-order valence-corrected chi connectivity index (χ3v) is 4.76. The summed E-state index contributed by atoms with van der Waals surface area (Å²) in [5.74, 6) is 0.500. The summed E-state index contributed by atoms with van der Waals surface area (Å²) in [5.41, 5.74) is 3.48. The lowest BCUT2D eigenvalue weighted by Crippen LogP contribution is -2.14. The van der Waals surface area contributed by atoms with Gasteiger partial charge in [-0.1, -0.05) is 47.6 Å². The largest absolute Gasteiger partial charge is 0.744 e. The SMILES string of the molecule is Cc1c(CC(C)C)cc(C(C)C)c(S(=O)(=O)[O-])c1C(C)C. The molecule has 0 aliphatic rings. The van der Waals surface area contributed by atoms with E-state index in [2.05, 4.69) is 13.8 Å². The Morgan fingerprint density at radius 3 is 1.90 bits per heavy atom. The lowest BCUT2D eigenvalue weighted by Gasteiger charge is -2.26. The first-order valence-corrected chi connectivity index (χ1v) is 8.99. The van der Waals surface area contributed by atoms with E-state index in [0.717, 1.165) is 17.5 Å². The summed E-state index contributed by atoms with van der Waals surface area (Å²) >= 11 is 0. The van der Waals surface area contributed by atoms with Gasteiger partial charge in [0.15, 0.2) is 0 Å². The van der Waals surface area contributed by atoms with Gasteiger partial charge in [-0.05, 0) is 53.4 Å². The number of benzene rings is 1. The highest BCUT2D eigenvalue weighted by Crippen LogP contribution is 2.36. The fraction of sp³-hybridized carbons (Fsp3) is 0.647. The van der Waals surface area contributed by atoms with Crippen LogP contribution in [0.3, 0.4) is 0 Å². The van der Waals surface area contributed by atoms with Crippen LogP contribution in [0.5, 0.6) is 0 Å². The van der Waals surface area contributed by atoms with E-state index in [1.807, 2.05) is 40.7 Å². The van der Waals surface area contributed by atoms with Crippen LogP contribution in [0.4, 0.5) is 0 Å². The molecule has 0 saturated heterocycles. The maximum absolute atomic E-state index is 11.8. The van der Waals surface area contributed by atoms with Crippen molar-refractivity contribution in [3.05, 3.63) is 28.3 Å². The second-order valence-electron chi connectivity index (χ2n) is 6.85. The monoisotopic (exact) mass is 311 g/mol. The lowest BCUT2D eigenvalue weighted by molar-refractivity contribution is 0.459. The second-order valence-corrected chi connectivity index (χ2v) is 8.17. The summed E-state index contributed by atoms with van der Waals surface area (Å²) in [6.07, 6.45) is 0.893. The molecule has 0 spiro atoms. The topological polar surface area (TPSA) is 57.2 Å². The molecule has 0 N–H and O–H groups in total. The summed E-state index contributed by atoms with van der Waals surface area (Å²) in [4.78, 5) is 0.0116. The first kappa shape index (κ1) is 18.2. The van der Waals surface area contributed by atoms with Crippen molar-refractivity contribution in [3.63, 3.8) is 0 Å². The average Bonchev–Trinajstić information content (AvgIpc) is 2.28. The average molecular weight is 311 g/mol. The molecule has 0 saturated carbocycles. The zero-order chi connectivity index (χ0) is 16.5. The van der Waals surface area contributed by atoms with Gasteiger partial charge in [-0.2, -0.15) is 0 Å². The van der Waals surface area contributed by atoms with Gasteiger partial charge in [-0.15, -0.1) is 0 Å². The Bertz CT molecular complexity index is 611. The van der Waals surface area contributed by atoms with Crippen LogP contribution < -0.4 is 0 Å². The van der Waals surface area contributed by atoms with Crippen LogP contribution in [-0.2, 0) is 16.5 Å². The van der Waals surface area contributed by atoms with E-state index < -0.39 is 10.1 Å². The van der Waals surface area contributed by atoms with Gasteiger partial charge in [0.1, 0.15) is 10.1 Å². The molecule has 3 nitrogen and oxygen atoms in total. The van der Waals surface area contributed by atoms with Crippen LogP contribution in [0, 0.1) is 12.8 Å². The Balaban J connectivity index is 3.82. The quantitative estimate of drug-likeness (QED) is 0.760. The van der Waals surface area contributed by atoms with Crippen molar-refractivity contribution in [2.24, 2.45) is 5.92 Å². The summed E-state index contributed by atoms with van der Waals surface area (Å²) in [6.45, 7) is 14.0. The minimum absolute atomic E-state index is 0.00716. The van der Waals surface area contributed by atoms with E-state index in [9.17, 15) is 13.0 Å². The molecule has 0 atom stereocenters. The zero-order valence-corrected chi connectivity index (χ0v) is 15.0. The van der Waals surface area contributed by atoms with Gasteiger partial charge in [-0.3, -0.25) is 0 Å². The Labute approximate surface area is 129 Å². The summed E-state index contributed by atoms with van der Waals surface area (Å²) < 4.78 is 35.4. The van der Waals surface area contributed by atoms with Gasteiger partial charge < -0.3 is 4.55 Å². The third kappa shape index (κ3) is 4.07. The Morgan fingerprint density at radius 1 is 1.05 bits per heavy atom. The summed E-state index contributed by atoms with van der Waals surface area (Å²) in [7, 11) is -4.47. The summed E-state index contributed by atoms with van der Waals surface area (Å²) in [6, 6.07) is 1.93. The van der Waals surface area contributed by atoms with E-state index >= 15 is 0 Å². The van der Waals surface area contributed by atoms with Gasteiger partial charge in [0.2, 0.25) is 0 Å². The van der Waals surface area contributed by atoms with Crippen molar-refractivity contribution in [2.45, 2.75) is 71.6 Å². The molecule has 0 radical (unpaired) electrons. The minimum atomic E-state index is -4.47. The second kappa shape index (κ2) is 6.49. The fourth-order valence-corrected chi connectivity index (χ4v) is 4.16. The van der Waals surface area contributed by atoms with Crippen molar-refractivity contribution in [3.8, 4) is 0 Å².